The van der Waals surface area contributed by atoms with Crippen LogP contribution in [0.15, 0.2) is 76.5 Å². The molecule has 0 unspecified atom stereocenters. The maximum absolute atomic E-state index is 11.9. The summed E-state index contributed by atoms with van der Waals surface area (Å²) in [4.78, 5) is 13.9. The van der Waals surface area contributed by atoms with Gasteiger partial charge in [0.15, 0.2) is 0 Å². The van der Waals surface area contributed by atoms with E-state index in [1.54, 1.807) is 19.3 Å². The van der Waals surface area contributed by atoms with E-state index in [1.165, 1.54) is 6.07 Å². The molecule has 116 valence electrons. The van der Waals surface area contributed by atoms with Crippen LogP contribution in [0.2, 0.25) is 0 Å². The zero-order valence-corrected chi connectivity index (χ0v) is 12.9. The molecular formula is C19H17NO3. The minimum atomic E-state index is -0.374. The van der Waals surface area contributed by atoms with Crippen LogP contribution in [0.3, 0.4) is 0 Å². The zero-order valence-electron chi connectivity index (χ0n) is 12.9. The number of hydrogen-bond donors (Lipinski definition) is 0. The van der Waals surface area contributed by atoms with Crippen molar-refractivity contribution in [3.05, 3.63) is 77.7 Å². The van der Waals surface area contributed by atoms with Crippen molar-refractivity contribution in [2.45, 2.75) is 0 Å². The molecule has 0 aliphatic heterocycles. The Morgan fingerprint density at radius 2 is 1.91 bits per heavy atom. The van der Waals surface area contributed by atoms with E-state index >= 15 is 0 Å². The van der Waals surface area contributed by atoms with Crippen LogP contribution in [0.1, 0.15) is 0 Å². The summed E-state index contributed by atoms with van der Waals surface area (Å²) >= 11 is 0. The summed E-state index contributed by atoms with van der Waals surface area (Å²) in [6.07, 6.45) is 1.80. The fourth-order valence-corrected chi connectivity index (χ4v) is 2.55. The number of ether oxygens (including phenoxy) is 1. The van der Waals surface area contributed by atoms with Crippen LogP contribution < -0.4 is 15.3 Å². The van der Waals surface area contributed by atoms with Crippen molar-refractivity contribution in [1.82, 2.24) is 0 Å². The van der Waals surface area contributed by atoms with Crippen molar-refractivity contribution in [2.75, 3.05) is 18.6 Å². The third-order valence-corrected chi connectivity index (χ3v) is 3.61. The minimum Gasteiger partial charge on any atom is -0.497 e. The number of rotatable bonds is 5. The Balaban J connectivity index is 2.17. The predicted molar refractivity (Wildman–Crippen MR) is 92.7 cm³/mol. The van der Waals surface area contributed by atoms with Crippen molar-refractivity contribution in [3.8, 4) is 5.75 Å². The molecule has 0 bridgehead atoms. The number of para-hydroxylation sites is 1. The number of hydrogen-bond acceptors (Lipinski definition) is 4. The van der Waals surface area contributed by atoms with Gasteiger partial charge in [-0.1, -0.05) is 18.2 Å². The minimum absolute atomic E-state index is 0.374. The lowest BCUT2D eigenvalue weighted by molar-refractivity contribution is 0.415. The number of benzene rings is 2. The van der Waals surface area contributed by atoms with Crippen molar-refractivity contribution in [3.63, 3.8) is 0 Å². The normalized spacial score (nSPS) is 10.5. The second-order valence-corrected chi connectivity index (χ2v) is 5.04. The number of fused-ring (bicyclic) bond motifs is 1. The molecule has 1 aromatic heterocycles. The second kappa shape index (κ2) is 6.40. The van der Waals surface area contributed by atoms with E-state index in [0.29, 0.717) is 12.1 Å². The van der Waals surface area contributed by atoms with E-state index in [0.717, 1.165) is 22.5 Å². The fraction of sp³-hybridized carbons (Fsp3) is 0.105. The highest BCUT2D eigenvalue weighted by Gasteiger charge is 2.13. The van der Waals surface area contributed by atoms with Crippen molar-refractivity contribution in [1.29, 1.82) is 0 Å². The molecule has 0 aliphatic carbocycles. The van der Waals surface area contributed by atoms with E-state index in [-0.39, 0.29) is 5.63 Å². The smallest absolute Gasteiger partial charge is 0.338 e. The molecule has 3 rings (SSSR count). The Morgan fingerprint density at radius 1 is 1.17 bits per heavy atom. The lowest BCUT2D eigenvalue weighted by Crippen LogP contribution is -2.18. The molecular weight excluding hydrogens is 290 g/mol. The summed E-state index contributed by atoms with van der Waals surface area (Å²) in [6.45, 7) is 4.39. The van der Waals surface area contributed by atoms with Crippen LogP contribution in [0.5, 0.6) is 5.75 Å². The Labute approximate surface area is 134 Å². The van der Waals surface area contributed by atoms with E-state index < -0.39 is 0 Å². The second-order valence-electron chi connectivity index (χ2n) is 5.04. The molecule has 0 radical (unpaired) electrons. The van der Waals surface area contributed by atoms with Crippen LogP contribution >= 0.6 is 0 Å². The van der Waals surface area contributed by atoms with Gasteiger partial charge in [-0.25, -0.2) is 4.79 Å². The Morgan fingerprint density at radius 3 is 2.61 bits per heavy atom. The van der Waals surface area contributed by atoms with Crippen molar-refractivity contribution < 1.29 is 9.15 Å². The van der Waals surface area contributed by atoms with Gasteiger partial charge in [-0.3, -0.25) is 0 Å². The summed E-state index contributed by atoms with van der Waals surface area (Å²) in [5, 5.41) is 0.879. The molecule has 4 nitrogen and oxygen atoms in total. The van der Waals surface area contributed by atoms with Gasteiger partial charge in [-0.05, 0) is 36.4 Å². The predicted octanol–water partition coefficient (Wildman–Crippen LogP) is 4.13. The van der Waals surface area contributed by atoms with Crippen molar-refractivity contribution >= 4 is 22.3 Å². The zero-order chi connectivity index (χ0) is 16.2. The SMILES string of the molecule is C=CCN(c1ccc(OC)cc1)c1cc(=O)oc2ccccc12. The van der Waals surface area contributed by atoms with E-state index in [4.69, 9.17) is 9.15 Å². The van der Waals surface area contributed by atoms with Gasteiger partial charge in [-0.15, -0.1) is 6.58 Å². The summed E-state index contributed by atoms with van der Waals surface area (Å²) < 4.78 is 10.5. The molecule has 3 aromatic rings. The molecule has 2 aromatic carbocycles. The van der Waals surface area contributed by atoms with Crippen LogP contribution in [0, 0.1) is 0 Å². The molecule has 0 atom stereocenters. The average Bonchev–Trinajstić information content (AvgIpc) is 2.59. The van der Waals surface area contributed by atoms with Gasteiger partial charge in [0.2, 0.25) is 0 Å². The van der Waals surface area contributed by atoms with Crippen LogP contribution in [0.4, 0.5) is 11.4 Å². The summed E-state index contributed by atoms with van der Waals surface area (Å²) in [7, 11) is 1.63. The lowest BCUT2D eigenvalue weighted by Gasteiger charge is -2.24. The first kappa shape index (κ1) is 14.9. The molecule has 23 heavy (non-hydrogen) atoms. The molecule has 0 aliphatic rings. The van der Waals surface area contributed by atoms with Gasteiger partial charge in [0.05, 0.1) is 12.8 Å². The van der Waals surface area contributed by atoms with E-state index in [2.05, 4.69) is 6.58 Å². The largest absolute Gasteiger partial charge is 0.497 e. The highest BCUT2D eigenvalue weighted by atomic mass is 16.5. The maximum Gasteiger partial charge on any atom is 0.338 e. The van der Waals surface area contributed by atoms with Crippen LogP contribution in [0.25, 0.3) is 11.0 Å². The molecule has 0 fully saturated rings. The lowest BCUT2D eigenvalue weighted by atomic mass is 10.1. The molecule has 4 heteroatoms. The van der Waals surface area contributed by atoms with Gasteiger partial charge in [0.1, 0.15) is 11.3 Å². The molecule has 0 N–H and O–H groups in total. The average molecular weight is 307 g/mol. The highest BCUT2D eigenvalue weighted by Crippen LogP contribution is 2.31. The fourth-order valence-electron chi connectivity index (χ4n) is 2.55. The monoisotopic (exact) mass is 307 g/mol. The first-order chi connectivity index (χ1) is 11.2. The van der Waals surface area contributed by atoms with Gasteiger partial charge in [0.25, 0.3) is 0 Å². The quantitative estimate of drug-likeness (QED) is 0.525. The molecule has 1 heterocycles. The molecule has 0 amide bonds. The third-order valence-electron chi connectivity index (χ3n) is 3.61. The van der Waals surface area contributed by atoms with E-state index in [1.807, 2.05) is 47.4 Å². The molecule has 0 saturated carbocycles. The van der Waals surface area contributed by atoms with Crippen molar-refractivity contribution in [2.24, 2.45) is 0 Å². The Bertz CT molecular complexity index is 881. The van der Waals surface area contributed by atoms with Gasteiger partial charge in [-0.2, -0.15) is 0 Å². The van der Waals surface area contributed by atoms with Crippen LogP contribution in [-0.2, 0) is 0 Å². The summed E-state index contributed by atoms with van der Waals surface area (Å²) in [5.74, 6) is 0.782. The number of nitrogens with zero attached hydrogens (tertiary/aromatic N) is 1. The van der Waals surface area contributed by atoms with Gasteiger partial charge < -0.3 is 14.1 Å². The van der Waals surface area contributed by atoms with Gasteiger partial charge >= 0.3 is 5.63 Å². The Hall–Kier alpha value is -3.01. The van der Waals surface area contributed by atoms with Gasteiger partial charge in [0, 0.05) is 23.7 Å². The first-order valence-electron chi connectivity index (χ1n) is 7.28. The number of anilines is 2. The maximum atomic E-state index is 11.9. The molecule has 0 spiro atoms. The topological polar surface area (TPSA) is 42.7 Å². The molecule has 0 saturated heterocycles. The van der Waals surface area contributed by atoms with Crippen LogP contribution in [-0.4, -0.2) is 13.7 Å². The highest BCUT2D eigenvalue weighted by molar-refractivity contribution is 5.92. The summed E-state index contributed by atoms with van der Waals surface area (Å²) in [5.41, 5.74) is 1.93. The number of methoxy groups -OCH3 is 1. The standard InChI is InChI=1S/C19H17NO3/c1-3-12-20(14-8-10-15(22-2)11-9-14)17-13-19(21)23-18-7-5-4-6-16(17)18/h3-11,13H,1,12H2,2H3. The Kier molecular flexibility index (Phi) is 4.15. The van der Waals surface area contributed by atoms with E-state index in [9.17, 15) is 4.79 Å². The summed E-state index contributed by atoms with van der Waals surface area (Å²) in [6, 6.07) is 16.7. The first-order valence-corrected chi connectivity index (χ1v) is 7.28. The third kappa shape index (κ3) is 2.97.